The summed E-state index contributed by atoms with van der Waals surface area (Å²) < 4.78 is 45.2. The van der Waals surface area contributed by atoms with Crippen LogP contribution in [0.25, 0.3) is 0 Å². The van der Waals surface area contributed by atoms with Gasteiger partial charge in [-0.3, -0.25) is 4.79 Å². The summed E-state index contributed by atoms with van der Waals surface area (Å²) in [5, 5.41) is 13.2. The van der Waals surface area contributed by atoms with Crippen molar-refractivity contribution in [2.45, 2.75) is 12.6 Å². The molecule has 0 fully saturated rings. The molecule has 32 heavy (non-hydrogen) atoms. The molecule has 168 valence electrons. The Hall–Kier alpha value is -2.61. The predicted molar refractivity (Wildman–Crippen MR) is 118 cm³/mol. The minimum Gasteiger partial charge on any atom is -0.507 e. The third kappa shape index (κ3) is 6.00. The summed E-state index contributed by atoms with van der Waals surface area (Å²) in [5.41, 5.74) is -0.573. The molecule has 0 aliphatic carbocycles. The average molecular weight is 505 g/mol. The lowest BCUT2D eigenvalue weighted by Gasteiger charge is -2.16. The van der Waals surface area contributed by atoms with Gasteiger partial charge in [-0.1, -0.05) is 40.9 Å². The molecule has 0 spiro atoms. The van der Waals surface area contributed by atoms with Gasteiger partial charge < -0.3 is 15.2 Å². The Bertz CT molecular complexity index is 1150. The second-order valence-electron chi connectivity index (χ2n) is 6.67. The number of amides is 1. The molecule has 0 atom stereocenters. The molecule has 0 aromatic heterocycles. The molecular formula is C22H15Cl3F3NO3. The van der Waals surface area contributed by atoms with Gasteiger partial charge in [0, 0.05) is 11.4 Å². The number of ether oxygens (including phenoxy) is 1. The van der Waals surface area contributed by atoms with Crippen LogP contribution in [0.5, 0.6) is 11.5 Å². The molecule has 0 bridgehead atoms. The number of carbonyl (C=O) groups excluding carboxylic acids is 1. The molecular weight excluding hydrogens is 490 g/mol. The third-order valence-corrected chi connectivity index (χ3v) is 5.36. The fraction of sp³-hybridized carbons (Fsp3) is 0.136. The number of alkyl halides is 3. The average Bonchev–Trinajstić information content (AvgIpc) is 2.72. The fourth-order valence-electron chi connectivity index (χ4n) is 2.78. The molecule has 3 rings (SSSR count). The van der Waals surface area contributed by atoms with Gasteiger partial charge in [0.2, 0.25) is 0 Å². The van der Waals surface area contributed by atoms with Crippen molar-refractivity contribution in [2.75, 3.05) is 11.9 Å². The molecule has 3 aromatic carbocycles. The Balaban J connectivity index is 1.83. The first kappa shape index (κ1) is 24.0. The second kappa shape index (κ2) is 9.90. The number of hydrogen-bond donors (Lipinski definition) is 2. The van der Waals surface area contributed by atoms with E-state index < -0.39 is 17.6 Å². The second-order valence-corrected chi connectivity index (χ2v) is 7.92. The normalized spacial score (nSPS) is 11.3. The van der Waals surface area contributed by atoms with Crippen LogP contribution in [0, 0.1) is 0 Å². The smallest absolute Gasteiger partial charge is 0.416 e. The highest BCUT2D eigenvalue weighted by Crippen LogP contribution is 2.36. The highest BCUT2D eigenvalue weighted by molar-refractivity contribution is 6.42. The predicted octanol–water partition coefficient (Wildman–Crippen LogP) is 7.25. The molecule has 0 saturated carbocycles. The van der Waals surface area contributed by atoms with Gasteiger partial charge in [0.25, 0.3) is 5.91 Å². The maximum atomic E-state index is 13.2. The molecule has 0 heterocycles. The van der Waals surface area contributed by atoms with Crippen LogP contribution >= 0.6 is 34.8 Å². The number of benzene rings is 3. The van der Waals surface area contributed by atoms with Gasteiger partial charge in [-0.05, 0) is 54.1 Å². The molecule has 10 heteroatoms. The van der Waals surface area contributed by atoms with Crippen LogP contribution in [0.2, 0.25) is 15.1 Å². The van der Waals surface area contributed by atoms with Crippen LogP contribution < -0.4 is 10.1 Å². The van der Waals surface area contributed by atoms with E-state index >= 15 is 0 Å². The molecule has 0 unspecified atom stereocenters. The summed E-state index contributed by atoms with van der Waals surface area (Å²) in [6.07, 6.45) is -4.24. The van der Waals surface area contributed by atoms with Gasteiger partial charge in [0.1, 0.15) is 11.5 Å². The summed E-state index contributed by atoms with van der Waals surface area (Å²) in [6.45, 7) is 0.0919. The van der Waals surface area contributed by atoms with Crippen LogP contribution in [0.1, 0.15) is 21.5 Å². The van der Waals surface area contributed by atoms with Crippen LogP contribution in [0.15, 0.2) is 54.6 Å². The Kier molecular flexibility index (Phi) is 7.44. The molecule has 4 nitrogen and oxygen atoms in total. The lowest BCUT2D eigenvalue weighted by Crippen LogP contribution is -2.15. The maximum absolute atomic E-state index is 13.2. The minimum atomic E-state index is -4.63. The van der Waals surface area contributed by atoms with Crippen LogP contribution in [0.3, 0.4) is 0 Å². The summed E-state index contributed by atoms with van der Waals surface area (Å²) in [5.74, 6) is -1.20. The van der Waals surface area contributed by atoms with Gasteiger partial charge >= 0.3 is 6.18 Å². The first-order valence-corrected chi connectivity index (χ1v) is 10.3. The number of phenolic OH excluding ortho intramolecular Hbond substituents is 1. The first-order valence-electron chi connectivity index (χ1n) is 9.12. The summed E-state index contributed by atoms with van der Waals surface area (Å²) in [6, 6.07) is 11.5. The zero-order valence-corrected chi connectivity index (χ0v) is 18.4. The molecule has 0 aliphatic heterocycles. The molecule has 3 aromatic rings. The Labute approximate surface area is 196 Å². The third-order valence-electron chi connectivity index (χ3n) is 4.39. The zero-order chi connectivity index (χ0) is 23.5. The van der Waals surface area contributed by atoms with E-state index in [1.807, 2.05) is 0 Å². The highest BCUT2D eigenvalue weighted by Gasteiger charge is 2.31. The van der Waals surface area contributed by atoms with Crippen LogP contribution in [-0.4, -0.2) is 17.6 Å². The van der Waals surface area contributed by atoms with Crippen molar-refractivity contribution in [3.63, 3.8) is 0 Å². The number of nitrogens with one attached hydrogen (secondary N) is 1. The van der Waals surface area contributed by atoms with Crippen LogP contribution in [0.4, 0.5) is 18.9 Å². The number of rotatable bonds is 6. The first-order chi connectivity index (χ1) is 15.0. The van der Waals surface area contributed by atoms with Gasteiger partial charge in [0.05, 0.1) is 33.5 Å². The Morgan fingerprint density at radius 3 is 2.41 bits per heavy atom. The Morgan fingerprint density at radius 2 is 1.72 bits per heavy atom. The lowest BCUT2D eigenvalue weighted by atomic mass is 10.1. The standard InChI is InChI=1S/C22H15Cl3F3NO3/c23-14-3-5-19(30)15(11-14)21(31)29-18-10-13(22(26,27)28)2-6-20(18)32-8-7-12-1-4-16(24)17(25)9-12/h1-6,9-11,30H,7-8H2,(H,29,31). The van der Waals surface area contributed by atoms with E-state index in [0.717, 1.165) is 23.8 Å². The summed E-state index contributed by atoms with van der Waals surface area (Å²) in [4.78, 5) is 12.6. The van der Waals surface area contributed by atoms with E-state index in [2.05, 4.69) is 5.32 Å². The van der Waals surface area contributed by atoms with Crippen molar-refractivity contribution in [2.24, 2.45) is 0 Å². The largest absolute Gasteiger partial charge is 0.507 e. The number of halogens is 6. The molecule has 0 aliphatic rings. The summed E-state index contributed by atoms with van der Waals surface area (Å²) >= 11 is 17.7. The van der Waals surface area contributed by atoms with E-state index in [9.17, 15) is 23.1 Å². The summed E-state index contributed by atoms with van der Waals surface area (Å²) in [7, 11) is 0. The topological polar surface area (TPSA) is 58.6 Å². The minimum absolute atomic E-state index is 0.0212. The van der Waals surface area contributed by atoms with E-state index in [1.54, 1.807) is 18.2 Å². The monoisotopic (exact) mass is 503 g/mol. The van der Waals surface area contributed by atoms with Crippen molar-refractivity contribution in [3.8, 4) is 11.5 Å². The van der Waals surface area contributed by atoms with Gasteiger partial charge in [-0.15, -0.1) is 0 Å². The van der Waals surface area contributed by atoms with Crippen molar-refractivity contribution >= 4 is 46.4 Å². The van der Waals surface area contributed by atoms with Gasteiger partial charge in [0.15, 0.2) is 0 Å². The van der Waals surface area contributed by atoms with Gasteiger partial charge in [-0.25, -0.2) is 0 Å². The molecule has 0 saturated heterocycles. The SMILES string of the molecule is O=C(Nc1cc(C(F)(F)F)ccc1OCCc1ccc(Cl)c(Cl)c1)c1cc(Cl)ccc1O. The number of hydrogen-bond acceptors (Lipinski definition) is 3. The number of aromatic hydroxyl groups is 1. The van der Waals surface area contributed by atoms with E-state index in [-0.39, 0.29) is 34.4 Å². The van der Waals surface area contributed by atoms with Gasteiger partial charge in [-0.2, -0.15) is 13.2 Å². The highest BCUT2D eigenvalue weighted by atomic mass is 35.5. The number of phenols is 1. The number of anilines is 1. The van der Waals surface area contributed by atoms with Crippen molar-refractivity contribution in [1.29, 1.82) is 0 Å². The van der Waals surface area contributed by atoms with Crippen molar-refractivity contribution < 1.29 is 27.8 Å². The maximum Gasteiger partial charge on any atom is 0.416 e. The lowest BCUT2D eigenvalue weighted by molar-refractivity contribution is -0.137. The molecule has 1 amide bonds. The van der Waals surface area contributed by atoms with E-state index in [0.29, 0.717) is 16.5 Å². The number of carbonyl (C=O) groups is 1. The quantitative estimate of drug-likeness (QED) is 0.372. The zero-order valence-electron chi connectivity index (χ0n) is 16.1. The Morgan fingerprint density at radius 1 is 0.969 bits per heavy atom. The fourth-order valence-corrected chi connectivity index (χ4v) is 3.28. The van der Waals surface area contributed by atoms with Crippen molar-refractivity contribution in [3.05, 3.63) is 86.4 Å². The van der Waals surface area contributed by atoms with Crippen molar-refractivity contribution in [1.82, 2.24) is 0 Å². The molecule has 0 radical (unpaired) electrons. The van der Waals surface area contributed by atoms with E-state index in [4.69, 9.17) is 39.5 Å². The molecule has 2 N–H and O–H groups in total. The van der Waals surface area contributed by atoms with Crippen LogP contribution in [-0.2, 0) is 12.6 Å². The van der Waals surface area contributed by atoms with E-state index in [1.165, 1.54) is 18.2 Å².